The minimum atomic E-state index is -4.17. The van der Waals surface area contributed by atoms with Crippen LogP contribution in [0.4, 0.5) is 18.3 Å². The van der Waals surface area contributed by atoms with E-state index in [1.165, 1.54) is 16.2 Å². The van der Waals surface area contributed by atoms with Crippen molar-refractivity contribution in [2.45, 2.75) is 31.9 Å². The van der Waals surface area contributed by atoms with E-state index in [2.05, 4.69) is 4.98 Å². The molecule has 2 rings (SSSR count). The summed E-state index contributed by atoms with van der Waals surface area (Å²) in [7, 11) is 1.57. The molecule has 0 unspecified atom stereocenters. The first kappa shape index (κ1) is 13.3. The second-order valence-corrected chi connectivity index (χ2v) is 5.31. The summed E-state index contributed by atoms with van der Waals surface area (Å²) >= 11 is 1.20. The molecule has 0 saturated heterocycles. The molecule has 1 aromatic rings. The first-order chi connectivity index (χ1) is 8.37. The number of rotatable bonds is 3. The number of aryl methyl sites for hydroxylation is 1. The quantitative estimate of drug-likeness (QED) is 0.852. The van der Waals surface area contributed by atoms with E-state index in [1.807, 2.05) is 0 Å². The second-order valence-electron chi connectivity index (χ2n) is 4.34. The highest BCUT2D eigenvalue weighted by Gasteiger charge is 2.28. The van der Waals surface area contributed by atoms with Crippen molar-refractivity contribution in [3.05, 3.63) is 10.6 Å². The van der Waals surface area contributed by atoms with Gasteiger partial charge in [-0.1, -0.05) is 11.3 Å². The predicted molar refractivity (Wildman–Crippen MR) is 63.3 cm³/mol. The molecule has 0 bridgehead atoms. The smallest absolute Gasteiger partial charge is 0.351 e. The number of aromatic nitrogens is 1. The molecule has 3 nitrogen and oxygen atoms in total. The van der Waals surface area contributed by atoms with Gasteiger partial charge in [-0.15, -0.1) is 0 Å². The van der Waals surface area contributed by atoms with Crippen LogP contribution in [0, 0.1) is 0 Å². The fourth-order valence-corrected chi connectivity index (χ4v) is 2.88. The zero-order chi connectivity index (χ0) is 13.3. The molecule has 100 valence electrons. The Morgan fingerprint density at radius 1 is 1.39 bits per heavy atom. The lowest BCUT2D eigenvalue weighted by molar-refractivity contribution is -0.132. The van der Waals surface area contributed by atoms with Gasteiger partial charge in [-0.05, 0) is 12.8 Å². The van der Waals surface area contributed by atoms with Crippen LogP contribution in [-0.4, -0.2) is 30.5 Å². The van der Waals surface area contributed by atoms with Crippen molar-refractivity contribution in [2.24, 2.45) is 0 Å². The van der Waals surface area contributed by atoms with E-state index in [0.717, 1.165) is 18.5 Å². The standard InChI is InChI=1S/C11H13F3N2OS/c1-16(6-5-11(12,13)14)10-15-7-3-2-4-8(17)9(7)18-10/h2-6H2,1H3. The highest BCUT2D eigenvalue weighted by Crippen LogP contribution is 2.32. The molecule has 0 radical (unpaired) electrons. The van der Waals surface area contributed by atoms with Crippen LogP contribution in [0.1, 0.15) is 34.6 Å². The van der Waals surface area contributed by atoms with Crippen LogP contribution in [0.25, 0.3) is 0 Å². The number of hydrogen-bond donors (Lipinski definition) is 0. The zero-order valence-corrected chi connectivity index (χ0v) is 10.7. The van der Waals surface area contributed by atoms with E-state index in [0.29, 0.717) is 16.4 Å². The van der Waals surface area contributed by atoms with Crippen LogP contribution in [0.2, 0.25) is 0 Å². The number of hydrogen-bond acceptors (Lipinski definition) is 4. The Morgan fingerprint density at radius 2 is 2.11 bits per heavy atom. The molecular weight excluding hydrogens is 265 g/mol. The summed E-state index contributed by atoms with van der Waals surface area (Å²) in [6, 6.07) is 0. The van der Waals surface area contributed by atoms with Gasteiger partial charge in [-0.3, -0.25) is 4.79 Å². The Morgan fingerprint density at radius 3 is 2.72 bits per heavy atom. The first-order valence-electron chi connectivity index (χ1n) is 5.67. The van der Waals surface area contributed by atoms with Gasteiger partial charge in [0.2, 0.25) is 0 Å². The monoisotopic (exact) mass is 278 g/mol. The Labute approximate surface area is 107 Å². The number of alkyl halides is 3. The van der Waals surface area contributed by atoms with Crippen LogP contribution < -0.4 is 4.90 Å². The van der Waals surface area contributed by atoms with Crippen LogP contribution in [-0.2, 0) is 6.42 Å². The Hall–Kier alpha value is -1.11. The number of carbonyl (C=O) groups is 1. The molecule has 0 N–H and O–H groups in total. The van der Waals surface area contributed by atoms with Crippen LogP contribution >= 0.6 is 11.3 Å². The number of Topliss-reactive ketones (excluding diaryl/α,β-unsaturated/α-hetero) is 1. The molecule has 7 heteroatoms. The van der Waals surface area contributed by atoms with Gasteiger partial charge >= 0.3 is 6.18 Å². The molecule has 0 spiro atoms. The number of ketones is 1. The maximum atomic E-state index is 12.1. The average Bonchev–Trinajstić information content (AvgIpc) is 2.70. The summed E-state index contributed by atoms with van der Waals surface area (Å²) in [5.41, 5.74) is 0.741. The second kappa shape index (κ2) is 4.87. The molecule has 0 saturated carbocycles. The fourth-order valence-electron chi connectivity index (χ4n) is 1.81. The summed E-state index contributed by atoms with van der Waals surface area (Å²) in [5.74, 6) is 0.0595. The van der Waals surface area contributed by atoms with E-state index < -0.39 is 12.6 Å². The van der Waals surface area contributed by atoms with Gasteiger partial charge in [0, 0.05) is 20.0 Å². The number of anilines is 1. The van der Waals surface area contributed by atoms with Gasteiger partial charge in [0.1, 0.15) is 0 Å². The molecule has 0 amide bonds. The SMILES string of the molecule is CN(CCC(F)(F)F)c1nc2c(s1)C(=O)CCC2. The van der Waals surface area contributed by atoms with E-state index >= 15 is 0 Å². The van der Waals surface area contributed by atoms with Gasteiger partial charge in [-0.2, -0.15) is 13.2 Å². The van der Waals surface area contributed by atoms with Crippen molar-refractivity contribution >= 4 is 22.3 Å². The van der Waals surface area contributed by atoms with Crippen molar-refractivity contribution in [1.29, 1.82) is 0 Å². The Bertz CT molecular complexity index is 456. The van der Waals surface area contributed by atoms with E-state index in [4.69, 9.17) is 0 Å². The third-order valence-electron chi connectivity index (χ3n) is 2.81. The van der Waals surface area contributed by atoms with Crippen molar-refractivity contribution in [1.82, 2.24) is 4.98 Å². The van der Waals surface area contributed by atoms with Crippen molar-refractivity contribution < 1.29 is 18.0 Å². The molecule has 1 heterocycles. The summed E-state index contributed by atoms with van der Waals surface area (Å²) in [6.45, 7) is -0.135. The number of carbonyl (C=O) groups excluding carboxylic acids is 1. The fraction of sp³-hybridized carbons (Fsp3) is 0.636. The third-order valence-corrected chi connectivity index (χ3v) is 4.07. The molecule has 1 aliphatic carbocycles. The molecule has 0 aromatic carbocycles. The van der Waals surface area contributed by atoms with Crippen molar-refractivity contribution in [3.63, 3.8) is 0 Å². The topological polar surface area (TPSA) is 33.2 Å². The van der Waals surface area contributed by atoms with Gasteiger partial charge in [0.25, 0.3) is 0 Å². The van der Waals surface area contributed by atoms with Gasteiger partial charge in [0.15, 0.2) is 10.9 Å². The Kier molecular flexibility index (Phi) is 3.61. The summed E-state index contributed by atoms with van der Waals surface area (Å²) in [5, 5.41) is 0.500. The third kappa shape index (κ3) is 3.01. The van der Waals surface area contributed by atoms with Gasteiger partial charge < -0.3 is 4.90 Å². The maximum absolute atomic E-state index is 12.1. The number of thiazole rings is 1. The molecule has 1 aliphatic rings. The van der Waals surface area contributed by atoms with Crippen LogP contribution in [0.15, 0.2) is 0 Å². The van der Waals surface area contributed by atoms with Crippen LogP contribution in [0.3, 0.4) is 0 Å². The molecule has 0 aliphatic heterocycles. The molecule has 0 fully saturated rings. The summed E-state index contributed by atoms with van der Waals surface area (Å²) in [4.78, 5) is 18.0. The predicted octanol–water partition coefficient (Wildman–Crippen LogP) is 3.05. The molecule has 1 aromatic heterocycles. The summed E-state index contributed by atoms with van der Waals surface area (Å²) < 4.78 is 36.4. The number of fused-ring (bicyclic) bond motifs is 1. The van der Waals surface area contributed by atoms with E-state index in [-0.39, 0.29) is 12.3 Å². The molecule has 18 heavy (non-hydrogen) atoms. The molecular formula is C11H13F3N2OS. The lowest BCUT2D eigenvalue weighted by Crippen LogP contribution is -2.23. The largest absolute Gasteiger partial charge is 0.390 e. The lowest BCUT2D eigenvalue weighted by atomic mass is 10.0. The number of halogens is 3. The highest BCUT2D eigenvalue weighted by molar-refractivity contribution is 7.17. The Balaban J connectivity index is 2.07. The summed E-state index contributed by atoms with van der Waals surface area (Å²) in [6.07, 6.45) is -3.00. The van der Waals surface area contributed by atoms with Gasteiger partial charge in [-0.25, -0.2) is 4.98 Å². The first-order valence-corrected chi connectivity index (χ1v) is 6.49. The van der Waals surface area contributed by atoms with Crippen molar-refractivity contribution in [3.8, 4) is 0 Å². The number of nitrogens with zero attached hydrogens (tertiary/aromatic N) is 2. The van der Waals surface area contributed by atoms with E-state index in [1.54, 1.807) is 7.05 Å². The maximum Gasteiger partial charge on any atom is 0.390 e. The van der Waals surface area contributed by atoms with E-state index in [9.17, 15) is 18.0 Å². The minimum Gasteiger partial charge on any atom is -0.351 e. The average molecular weight is 278 g/mol. The minimum absolute atomic E-state index is 0.0595. The van der Waals surface area contributed by atoms with Crippen molar-refractivity contribution in [2.75, 3.05) is 18.5 Å². The zero-order valence-electron chi connectivity index (χ0n) is 9.88. The normalized spacial score (nSPS) is 15.7. The molecule has 0 atom stereocenters. The van der Waals surface area contributed by atoms with Gasteiger partial charge in [0.05, 0.1) is 17.0 Å². The van der Waals surface area contributed by atoms with Crippen LogP contribution in [0.5, 0.6) is 0 Å². The lowest BCUT2D eigenvalue weighted by Gasteiger charge is -2.16. The highest BCUT2D eigenvalue weighted by atomic mass is 32.1.